The first-order chi connectivity index (χ1) is 6.20. The normalized spacial score (nSPS) is 19.9. The van der Waals surface area contributed by atoms with Crippen molar-refractivity contribution in [1.29, 1.82) is 0 Å². The van der Waals surface area contributed by atoms with Crippen molar-refractivity contribution in [3.05, 3.63) is 23.8 Å². The van der Waals surface area contributed by atoms with Crippen molar-refractivity contribution < 1.29 is 26.3 Å². The standard InChI is InChI=1S/C7H3BF6/c9-6(10,11)4-2-1-3-5(4)8-7(12,13)14/h1-3H. The molecule has 14 heavy (non-hydrogen) atoms. The van der Waals surface area contributed by atoms with Crippen LogP contribution in [0.4, 0.5) is 26.3 Å². The third kappa shape index (κ3) is 2.75. The third-order valence-electron chi connectivity index (χ3n) is 1.47. The van der Waals surface area contributed by atoms with E-state index >= 15 is 0 Å². The van der Waals surface area contributed by atoms with Crippen molar-refractivity contribution >= 4 is 12.4 Å². The maximum absolute atomic E-state index is 12.1. The van der Waals surface area contributed by atoms with Gasteiger partial charge in [-0.2, -0.15) is 0 Å². The van der Waals surface area contributed by atoms with Gasteiger partial charge in [0.2, 0.25) is 0 Å². The van der Waals surface area contributed by atoms with Crippen LogP contribution in [0.2, 0.25) is 0 Å². The molecule has 0 nitrogen and oxygen atoms in total. The fourth-order valence-corrected chi connectivity index (χ4v) is 0.994. The molecule has 0 saturated carbocycles. The van der Waals surface area contributed by atoms with Gasteiger partial charge in [0.15, 0.2) is 0 Å². The Morgan fingerprint density at radius 1 is 1.00 bits per heavy atom. The SMILES string of the molecule is FC(F)(F)B=C1C=CC=C1C(F)(F)F. The van der Waals surface area contributed by atoms with Crippen LogP contribution < -0.4 is 0 Å². The van der Waals surface area contributed by atoms with Crippen LogP contribution in [0.15, 0.2) is 23.8 Å². The predicted molar refractivity (Wildman–Crippen MR) is 40.1 cm³/mol. The number of alkyl halides is 6. The molecule has 1 aliphatic rings. The Hall–Kier alpha value is -1.01. The van der Waals surface area contributed by atoms with Crippen molar-refractivity contribution in [3.63, 3.8) is 0 Å². The van der Waals surface area contributed by atoms with Gasteiger partial charge >= 0.3 is 74.8 Å². The summed E-state index contributed by atoms with van der Waals surface area (Å²) in [5.41, 5.74) is -2.13. The van der Waals surface area contributed by atoms with Gasteiger partial charge in [0, 0.05) is 0 Å². The summed E-state index contributed by atoms with van der Waals surface area (Å²) in [6.45, 7) is -0.365. The van der Waals surface area contributed by atoms with Crippen LogP contribution in [-0.4, -0.2) is 24.6 Å². The molecule has 0 amide bonds. The first kappa shape index (κ1) is 11.1. The molecular formula is C7H3BF6. The molecule has 0 N–H and O–H groups in total. The molecule has 0 saturated heterocycles. The van der Waals surface area contributed by atoms with Gasteiger partial charge in [-0.15, -0.1) is 0 Å². The molecule has 76 valence electrons. The van der Waals surface area contributed by atoms with Crippen molar-refractivity contribution in [1.82, 2.24) is 0 Å². The molecule has 0 radical (unpaired) electrons. The van der Waals surface area contributed by atoms with Gasteiger partial charge in [-0.1, -0.05) is 0 Å². The van der Waals surface area contributed by atoms with E-state index in [0.29, 0.717) is 6.08 Å². The number of rotatable bonds is 0. The molecule has 7 heteroatoms. The quantitative estimate of drug-likeness (QED) is 0.427. The maximum atomic E-state index is 12.1. The van der Waals surface area contributed by atoms with E-state index in [2.05, 4.69) is 0 Å². The summed E-state index contributed by atoms with van der Waals surface area (Å²) in [6.07, 6.45) is -7.18. The Balaban J connectivity index is 2.99. The van der Waals surface area contributed by atoms with Crippen LogP contribution in [0.5, 0.6) is 0 Å². The van der Waals surface area contributed by atoms with Gasteiger partial charge in [0.05, 0.1) is 0 Å². The van der Waals surface area contributed by atoms with Gasteiger partial charge in [0.1, 0.15) is 0 Å². The Morgan fingerprint density at radius 2 is 1.57 bits per heavy atom. The number of halogens is 6. The molecule has 0 bridgehead atoms. The van der Waals surface area contributed by atoms with E-state index in [4.69, 9.17) is 0 Å². The van der Waals surface area contributed by atoms with E-state index in [9.17, 15) is 26.3 Å². The van der Waals surface area contributed by atoms with Gasteiger partial charge in [-0.3, -0.25) is 0 Å². The van der Waals surface area contributed by atoms with Gasteiger partial charge in [-0.05, 0) is 0 Å². The monoisotopic (exact) mass is 212 g/mol. The Kier molecular flexibility index (Phi) is 2.60. The van der Waals surface area contributed by atoms with E-state index in [-0.39, 0.29) is 6.92 Å². The number of allylic oxidation sites excluding steroid dienone is 4. The Labute approximate surface area is 75.8 Å². The Morgan fingerprint density at radius 3 is 2.00 bits per heavy atom. The molecule has 0 aromatic rings. The van der Waals surface area contributed by atoms with E-state index in [1.807, 2.05) is 0 Å². The van der Waals surface area contributed by atoms with Gasteiger partial charge < -0.3 is 0 Å². The molecule has 0 aromatic heterocycles. The minimum absolute atomic E-state index is 0.365. The van der Waals surface area contributed by atoms with Crippen molar-refractivity contribution in [2.75, 3.05) is 0 Å². The topological polar surface area (TPSA) is 0 Å². The van der Waals surface area contributed by atoms with E-state index in [0.717, 1.165) is 12.2 Å². The molecule has 0 unspecified atom stereocenters. The summed E-state index contributed by atoms with van der Waals surface area (Å²) < 4.78 is 71.5. The first-order valence-corrected chi connectivity index (χ1v) is 3.46. The fourth-order valence-electron chi connectivity index (χ4n) is 0.994. The first-order valence-electron chi connectivity index (χ1n) is 3.46. The van der Waals surface area contributed by atoms with Crippen molar-refractivity contribution in [3.8, 4) is 0 Å². The summed E-state index contributed by atoms with van der Waals surface area (Å²) >= 11 is 0. The molecule has 0 spiro atoms. The average molecular weight is 212 g/mol. The summed E-state index contributed by atoms with van der Waals surface area (Å²) in [4.78, 5) is 0. The predicted octanol–water partition coefficient (Wildman–Crippen LogP) is 2.44. The second kappa shape index (κ2) is 3.29. The van der Waals surface area contributed by atoms with Crippen molar-refractivity contribution in [2.24, 2.45) is 0 Å². The van der Waals surface area contributed by atoms with E-state index < -0.39 is 23.3 Å². The summed E-state index contributed by atoms with van der Waals surface area (Å²) in [5.74, 6) is 0. The second-order valence-electron chi connectivity index (χ2n) is 2.58. The van der Waals surface area contributed by atoms with E-state index in [1.54, 1.807) is 0 Å². The van der Waals surface area contributed by atoms with Crippen LogP contribution in [0.3, 0.4) is 0 Å². The van der Waals surface area contributed by atoms with Gasteiger partial charge in [0.25, 0.3) is 0 Å². The molecule has 0 aliphatic heterocycles. The molecule has 0 aromatic carbocycles. The van der Waals surface area contributed by atoms with E-state index in [1.165, 1.54) is 0 Å². The molecule has 1 rings (SSSR count). The number of hydrogen-bond acceptors (Lipinski definition) is 0. The van der Waals surface area contributed by atoms with Crippen LogP contribution in [0, 0.1) is 0 Å². The fraction of sp³-hybridized carbons (Fsp3) is 0.286. The summed E-state index contributed by atoms with van der Waals surface area (Å²) in [5, 5.41) is 0. The van der Waals surface area contributed by atoms with Gasteiger partial charge in [-0.25, -0.2) is 0 Å². The summed E-state index contributed by atoms with van der Waals surface area (Å²) in [6, 6.07) is 0. The average Bonchev–Trinajstić information content (AvgIpc) is 2.29. The van der Waals surface area contributed by atoms with Crippen LogP contribution in [0.25, 0.3) is 0 Å². The molecule has 0 heterocycles. The summed E-state index contributed by atoms with van der Waals surface area (Å²) in [7, 11) is 0. The van der Waals surface area contributed by atoms with Crippen LogP contribution >= 0.6 is 0 Å². The molecular weight excluding hydrogens is 209 g/mol. The van der Waals surface area contributed by atoms with Crippen LogP contribution in [0.1, 0.15) is 0 Å². The second-order valence-corrected chi connectivity index (χ2v) is 2.58. The number of hydrogen-bond donors (Lipinski definition) is 0. The zero-order chi connectivity index (χ0) is 11.0. The zero-order valence-corrected chi connectivity index (χ0v) is 6.58. The molecule has 0 fully saturated rings. The van der Waals surface area contributed by atoms with Crippen molar-refractivity contribution in [2.45, 2.75) is 12.3 Å². The zero-order valence-electron chi connectivity index (χ0n) is 6.58. The third-order valence-corrected chi connectivity index (χ3v) is 1.47. The molecule has 0 atom stereocenters. The minimum atomic E-state index is -4.75. The Bertz CT molecular complexity index is 316. The van der Waals surface area contributed by atoms with Crippen LogP contribution in [-0.2, 0) is 0 Å². The molecule has 1 aliphatic carbocycles.